The SMILES string of the molecule is CCC(F)(CC)Oc1cccc(NC(=O)Nc2cc(C)cc(Oc3cc(NC(=O)C4CC4)ncn3)c2)c1. The van der Waals surface area contributed by atoms with Crippen molar-refractivity contribution in [1.82, 2.24) is 9.97 Å². The van der Waals surface area contributed by atoms with Gasteiger partial charge in [0, 0.05) is 48.3 Å². The maximum atomic E-state index is 14.6. The monoisotopic (exact) mass is 507 g/mol. The summed E-state index contributed by atoms with van der Waals surface area (Å²) in [6, 6.07) is 12.9. The number of aromatic nitrogens is 2. The van der Waals surface area contributed by atoms with Crippen LogP contribution in [0.2, 0.25) is 0 Å². The minimum absolute atomic E-state index is 0.0517. The molecule has 37 heavy (non-hydrogen) atoms. The predicted octanol–water partition coefficient (Wildman–Crippen LogP) is 6.43. The molecule has 0 bridgehead atoms. The topological polar surface area (TPSA) is 114 Å². The van der Waals surface area contributed by atoms with Crippen LogP contribution in [0.3, 0.4) is 0 Å². The molecule has 0 spiro atoms. The van der Waals surface area contributed by atoms with Crippen molar-refractivity contribution in [1.29, 1.82) is 0 Å². The summed E-state index contributed by atoms with van der Waals surface area (Å²) in [5.41, 5.74) is 1.80. The molecule has 3 amide bonds. The zero-order chi connectivity index (χ0) is 26.4. The fourth-order valence-corrected chi connectivity index (χ4v) is 3.57. The molecule has 0 radical (unpaired) electrons. The van der Waals surface area contributed by atoms with E-state index in [4.69, 9.17) is 9.47 Å². The first-order valence-corrected chi connectivity index (χ1v) is 12.2. The number of benzene rings is 2. The number of nitrogens with one attached hydrogen (secondary N) is 3. The Kier molecular flexibility index (Phi) is 7.86. The van der Waals surface area contributed by atoms with Crippen LogP contribution >= 0.6 is 0 Å². The summed E-state index contributed by atoms with van der Waals surface area (Å²) < 4.78 is 25.9. The van der Waals surface area contributed by atoms with Gasteiger partial charge in [0.05, 0.1) is 0 Å². The van der Waals surface area contributed by atoms with E-state index < -0.39 is 11.9 Å². The molecule has 1 fully saturated rings. The third-order valence-corrected chi connectivity index (χ3v) is 5.82. The van der Waals surface area contributed by atoms with Crippen molar-refractivity contribution in [3.05, 3.63) is 60.4 Å². The highest BCUT2D eigenvalue weighted by molar-refractivity contribution is 6.00. The number of hydrogen-bond donors (Lipinski definition) is 3. The van der Waals surface area contributed by atoms with Crippen molar-refractivity contribution in [2.24, 2.45) is 5.92 Å². The first-order chi connectivity index (χ1) is 17.7. The van der Waals surface area contributed by atoms with E-state index in [1.807, 2.05) is 6.92 Å². The van der Waals surface area contributed by atoms with Gasteiger partial charge in [0.1, 0.15) is 23.6 Å². The zero-order valence-corrected chi connectivity index (χ0v) is 21.0. The summed E-state index contributed by atoms with van der Waals surface area (Å²) in [5, 5.41) is 8.26. The number of nitrogens with zero attached hydrogens (tertiary/aromatic N) is 2. The van der Waals surface area contributed by atoms with Crippen LogP contribution in [-0.4, -0.2) is 27.8 Å². The smallest absolute Gasteiger partial charge is 0.323 e. The Balaban J connectivity index is 1.39. The number of aryl methyl sites for hydroxylation is 1. The second-order valence-corrected chi connectivity index (χ2v) is 8.94. The quantitative estimate of drug-likeness (QED) is 0.291. The number of halogens is 1. The average Bonchev–Trinajstić information content (AvgIpc) is 3.70. The molecular weight excluding hydrogens is 477 g/mol. The molecular formula is C27H30FN5O4. The molecule has 3 N–H and O–H groups in total. The minimum Gasteiger partial charge on any atom is -0.458 e. The molecule has 1 aromatic heterocycles. The van der Waals surface area contributed by atoms with Crippen molar-refractivity contribution in [2.75, 3.05) is 16.0 Å². The fourth-order valence-electron chi connectivity index (χ4n) is 3.57. The van der Waals surface area contributed by atoms with E-state index in [9.17, 15) is 14.0 Å². The molecule has 1 saturated carbocycles. The molecule has 194 valence electrons. The maximum Gasteiger partial charge on any atom is 0.323 e. The third kappa shape index (κ3) is 7.39. The van der Waals surface area contributed by atoms with Gasteiger partial charge in [-0.1, -0.05) is 19.9 Å². The lowest BCUT2D eigenvalue weighted by Gasteiger charge is -2.24. The number of carbonyl (C=O) groups excluding carboxylic acids is 2. The normalized spacial score (nSPS) is 13.0. The predicted molar refractivity (Wildman–Crippen MR) is 139 cm³/mol. The van der Waals surface area contributed by atoms with Crippen molar-refractivity contribution < 1.29 is 23.5 Å². The van der Waals surface area contributed by atoms with Gasteiger partial charge in [0.25, 0.3) is 0 Å². The van der Waals surface area contributed by atoms with E-state index in [1.165, 1.54) is 6.33 Å². The second-order valence-electron chi connectivity index (χ2n) is 8.94. The molecule has 10 heteroatoms. The Labute approximate surface area is 214 Å². The van der Waals surface area contributed by atoms with E-state index in [0.29, 0.717) is 28.7 Å². The molecule has 9 nitrogen and oxygen atoms in total. The number of hydrogen-bond acceptors (Lipinski definition) is 6. The Morgan fingerprint density at radius 2 is 1.70 bits per heavy atom. The first-order valence-electron chi connectivity index (χ1n) is 12.2. The average molecular weight is 508 g/mol. The summed E-state index contributed by atoms with van der Waals surface area (Å²) in [6.07, 6.45) is 3.52. The van der Waals surface area contributed by atoms with E-state index in [1.54, 1.807) is 62.4 Å². The lowest BCUT2D eigenvalue weighted by atomic mass is 10.2. The summed E-state index contributed by atoms with van der Waals surface area (Å²) in [6.45, 7) is 5.30. The van der Waals surface area contributed by atoms with Crippen LogP contribution in [0.5, 0.6) is 17.4 Å². The molecule has 2 aromatic carbocycles. The number of anilines is 3. The molecule has 0 aliphatic heterocycles. The van der Waals surface area contributed by atoms with Gasteiger partial charge in [0.15, 0.2) is 0 Å². The summed E-state index contributed by atoms with van der Waals surface area (Å²) in [4.78, 5) is 32.8. The number of amides is 3. The molecule has 0 atom stereocenters. The highest BCUT2D eigenvalue weighted by atomic mass is 19.2. The van der Waals surface area contributed by atoms with Gasteiger partial charge in [-0.3, -0.25) is 4.79 Å². The number of rotatable bonds is 10. The van der Waals surface area contributed by atoms with Crippen molar-refractivity contribution >= 4 is 29.1 Å². The molecule has 1 aliphatic rings. The van der Waals surface area contributed by atoms with E-state index >= 15 is 0 Å². The van der Waals surface area contributed by atoms with Gasteiger partial charge >= 0.3 is 6.03 Å². The van der Waals surface area contributed by atoms with Crippen LogP contribution in [0.15, 0.2) is 54.9 Å². The third-order valence-electron chi connectivity index (χ3n) is 5.82. The summed E-state index contributed by atoms with van der Waals surface area (Å²) >= 11 is 0. The van der Waals surface area contributed by atoms with Gasteiger partial charge in [-0.2, -0.15) is 4.39 Å². The Bertz CT molecular complexity index is 1280. The Morgan fingerprint density at radius 3 is 2.43 bits per heavy atom. The van der Waals surface area contributed by atoms with Crippen molar-refractivity contribution in [2.45, 2.75) is 52.3 Å². The maximum absolute atomic E-state index is 14.6. The van der Waals surface area contributed by atoms with Crippen LogP contribution in [0, 0.1) is 12.8 Å². The number of urea groups is 1. The summed E-state index contributed by atoms with van der Waals surface area (Å²) in [7, 11) is 0. The van der Waals surface area contributed by atoms with Crippen LogP contribution in [0.25, 0.3) is 0 Å². The Hall–Kier alpha value is -4.21. The zero-order valence-electron chi connectivity index (χ0n) is 21.0. The highest BCUT2D eigenvalue weighted by Gasteiger charge is 2.30. The van der Waals surface area contributed by atoms with E-state index in [2.05, 4.69) is 25.9 Å². The van der Waals surface area contributed by atoms with Crippen LogP contribution in [0.1, 0.15) is 45.1 Å². The minimum atomic E-state index is -1.76. The van der Waals surface area contributed by atoms with Crippen LogP contribution < -0.4 is 25.4 Å². The lowest BCUT2D eigenvalue weighted by molar-refractivity contribution is -0.117. The molecule has 4 rings (SSSR count). The number of ether oxygens (including phenoxy) is 2. The molecule has 1 aliphatic carbocycles. The second kappa shape index (κ2) is 11.2. The lowest BCUT2D eigenvalue weighted by Crippen LogP contribution is -2.28. The molecule has 0 saturated heterocycles. The van der Waals surface area contributed by atoms with Gasteiger partial charge in [0.2, 0.25) is 17.6 Å². The van der Waals surface area contributed by atoms with Crippen LogP contribution in [0.4, 0.5) is 26.4 Å². The Morgan fingerprint density at radius 1 is 0.973 bits per heavy atom. The van der Waals surface area contributed by atoms with Crippen molar-refractivity contribution in [3.8, 4) is 17.4 Å². The molecule has 0 unspecified atom stereocenters. The molecule has 3 aromatic rings. The highest BCUT2D eigenvalue weighted by Crippen LogP contribution is 2.31. The van der Waals surface area contributed by atoms with E-state index in [-0.39, 0.29) is 30.5 Å². The summed E-state index contributed by atoms with van der Waals surface area (Å²) in [5.74, 6) is -0.379. The standard InChI is InChI=1S/C27H30FN5O4/c1-4-27(28,5-2)37-21-8-6-7-19(13-21)31-26(35)32-20-11-17(3)12-22(14-20)36-24-15-23(29-16-30-24)33-25(34)18-9-10-18/h6-8,11-16,18H,4-5,9-10H2,1-3H3,(H2,31,32,35)(H,29,30,33,34). The molecule has 1 heterocycles. The number of alkyl halides is 1. The first kappa shape index (κ1) is 25.9. The van der Waals surface area contributed by atoms with Gasteiger partial charge in [-0.15, -0.1) is 0 Å². The largest absolute Gasteiger partial charge is 0.458 e. The van der Waals surface area contributed by atoms with Gasteiger partial charge in [-0.05, 0) is 49.6 Å². The fraction of sp³-hybridized carbons (Fsp3) is 0.333. The van der Waals surface area contributed by atoms with Gasteiger partial charge < -0.3 is 25.4 Å². The van der Waals surface area contributed by atoms with Gasteiger partial charge in [-0.25, -0.2) is 14.8 Å². The van der Waals surface area contributed by atoms with Crippen LogP contribution in [-0.2, 0) is 4.79 Å². The van der Waals surface area contributed by atoms with E-state index in [0.717, 1.165) is 18.4 Å². The number of carbonyl (C=O) groups is 2. The van der Waals surface area contributed by atoms with Crippen molar-refractivity contribution in [3.63, 3.8) is 0 Å².